The fourth-order valence-corrected chi connectivity index (χ4v) is 2.36. The summed E-state index contributed by atoms with van der Waals surface area (Å²) in [7, 11) is 1.70. The molecule has 0 aromatic heterocycles. The molecule has 3 heteroatoms. The number of nitrogens with two attached hydrogens (primary N) is 1. The second-order valence-corrected chi connectivity index (χ2v) is 5.10. The highest BCUT2D eigenvalue weighted by Crippen LogP contribution is 2.36. The van der Waals surface area contributed by atoms with Crippen molar-refractivity contribution in [2.75, 3.05) is 13.7 Å². The van der Waals surface area contributed by atoms with Gasteiger partial charge in [0.1, 0.15) is 5.75 Å². The molecule has 0 aliphatic rings. The average molecular weight is 256 g/mol. The lowest BCUT2D eigenvalue weighted by atomic mass is 9.84. The Balaban J connectivity index is 3.02. The maximum absolute atomic E-state index is 6.08. The second-order valence-electron chi connectivity index (χ2n) is 4.67. The Hall–Kier alpha value is -0.730. The smallest absolute Gasteiger partial charge is 0.122 e. The molecule has 1 atom stereocenters. The van der Waals surface area contributed by atoms with E-state index in [-0.39, 0.29) is 0 Å². The van der Waals surface area contributed by atoms with Crippen LogP contribution in [0.3, 0.4) is 0 Å². The Morgan fingerprint density at radius 3 is 2.59 bits per heavy atom. The van der Waals surface area contributed by atoms with Gasteiger partial charge in [0, 0.05) is 5.02 Å². The van der Waals surface area contributed by atoms with Crippen LogP contribution in [0.5, 0.6) is 5.75 Å². The maximum atomic E-state index is 6.08. The Morgan fingerprint density at radius 1 is 1.35 bits per heavy atom. The monoisotopic (exact) mass is 255 g/mol. The van der Waals surface area contributed by atoms with Crippen LogP contribution in [0.4, 0.5) is 0 Å². The van der Waals surface area contributed by atoms with Crippen LogP contribution in [0.25, 0.3) is 0 Å². The molecule has 0 amide bonds. The van der Waals surface area contributed by atoms with Gasteiger partial charge in [0.2, 0.25) is 0 Å². The zero-order chi connectivity index (χ0) is 12.8. The van der Waals surface area contributed by atoms with E-state index in [9.17, 15) is 0 Å². The molecular weight excluding hydrogens is 234 g/mol. The van der Waals surface area contributed by atoms with E-state index < -0.39 is 0 Å². The summed E-state index contributed by atoms with van der Waals surface area (Å²) in [6, 6.07) is 5.82. The molecule has 0 aliphatic heterocycles. The van der Waals surface area contributed by atoms with E-state index in [2.05, 4.69) is 13.8 Å². The van der Waals surface area contributed by atoms with Crippen molar-refractivity contribution in [1.82, 2.24) is 0 Å². The van der Waals surface area contributed by atoms with E-state index in [0.29, 0.717) is 11.8 Å². The van der Waals surface area contributed by atoms with Crippen molar-refractivity contribution in [3.05, 3.63) is 28.8 Å². The first-order valence-electron chi connectivity index (χ1n) is 6.13. The molecule has 1 aromatic carbocycles. The largest absolute Gasteiger partial charge is 0.496 e. The van der Waals surface area contributed by atoms with Crippen molar-refractivity contribution in [2.45, 2.75) is 32.6 Å². The molecule has 0 heterocycles. The number of hydrogen-bond donors (Lipinski definition) is 1. The number of benzene rings is 1. The predicted molar refractivity (Wildman–Crippen MR) is 73.9 cm³/mol. The molecule has 0 saturated carbocycles. The van der Waals surface area contributed by atoms with Gasteiger partial charge >= 0.3 is 0 Å². The highest BCUT2D eigenvalue weighted by atomic mass is 35.5. The summed E-state index contributed by atoms with van der Waals surface area (Å²) in [5.41, 5.74) is 6.80. The van der Waals surface area contributed by atoms with Crippen molar-refractivity contribution >= 4 is 11.6 Å². The van der Waals surface area contributed by atoms with Gasteiger partial charge in [0.05, 0.1) is 7.11 Å². The number of hydrogen-bond acceptors (Lipinski definition) is 2. The quantitative estimate of drug-likeness (QED) is 0.839. The Bertz CT molecular complexity index is 352. The number of halogens is 1. The van der Waals surface area contributed by atoms with Gasteiger partial charge in [-0.1, -0.05) is 25.4 Å². The number of ether oxygens (including phenoxy) is 1. The van der Waals surface area contributed by atoms with Gasteiger partial charge in [-0.15, -0.1) is 0 Å². The van der Waals surface area contributed by atoms with Crippen LogP contribution in [0.15, 0.2) is 18.2 Å². The molecule has 96 valence electrons. The minimum atomic E-state index is 0.451. The van der Waals surface area contributed by atoms with Gasteiger partial charge in [-0.05, 0) is 55.0 Å². The molecule has 0 fully saturated rings. The van der Waals surface area contributed by atoms with Crippen LogP contribution in [-0.4, -0.2) is 13.7 Å². The van der Waals surface area contributed by atoms with Gasteiger partial charge in [0.25, 0.3) is 0 Å². The number of methoxy groups -OCH3 is 1. The van der Waals surface area contributed by atoms with E-state index >= 15 is 0 Å². The highest BCUT2D eigenvalue weighted by Gasteiger charge is 2.19. The fourth-order valence-electron chi connectivity index (χ4n) is 2.18. The molecule has 0 radical (unpaired) electrons. The van der Waals surface area contributed by atoms with Gasteiger partial charge < -0.3 is 10.5 Å². The number of rotatable bonds is 6. The van der Waals surface area contributed by atoms with Gasteiger partial charge in [-0.2, -0.15) is 0 Å². The summed E-state index contributed by atoms with van der Waals surface area (Å²) >= 11 is 6.08. The van der Waals surface area contributed by atoms with Crippen LogP contribution in [0, 0.1) is 5.92 Å². The molecule has 0 saturated heterocycles. The lowest BCUT2D eigenvalue weighted by Crippen LogP contribution is -2.11. The highest BCUT2D eigenvalue weighted by molar-refractivity contribution is 6.30. The molecule has 1 unspecified atom stereocenters. The van der Waals surface area contributed by atoms with Crippen LogP contribution < -0.4 is 10.5 Å². The first-order chi connectivity index (χ1) is 8.10. The van der Waals surface area contributed by atoms with Crippen molar-refractivity contribution in [3.63, 3.8) is 0 Å². The standard InChI is InChI=1S/C14H22ClNO/c1-10(2)12(5-4-8-16)13-9-11(15)6-7-14(13)17-3/h6-7,9-10,12H,4-5,8,16H2,1-3H3. The molecule has 0 bridgehead atoms. The molecule has 1 rings (SSSR count). The van der Waals surface area contributed by atoms with Gasteiger partial charge in [-0.3, -0.25) is 0 Å². The zero-order valence-corrected chi connectivity index (χ0v) is 11.6. The van der Waals surface area contributed by atoms with E-state index in [1.54, 1.807) is 7.11 Å². The topological polar surface area (TPSA) is 35.2 Å². The van der Waals surface area contributed by atoms with Crippen LogP contribution in [-0.2, 0) is 0 Å². The van der Waals surface area contributed by atoms with Crippen LogP contribution >= 0.6 is 11.6 Å². The summed E-state index contributed by atoms with van der Waals surface area (Å²) in [4.78, 5) is 0. The predicted octanol–water partition coefficient (Wildman–Crippen LogP) is 3.83. The molecule has 2 nitrogen and oxygen atoms in total. The van der Waals surface area contributed by atoms with Gasteiger partial charge in [-0.25, -0.2) is 0 Å². The fraction of sp³-hybridized carbons (Fsp3) is 0.571. The lowest BCUT2D eigenvalue weighted by molar-refractivity contribution is 0.387. The second kappa shape index (κ2) is 6.87. The Kier molecular flexibility index (Phi) is 5.79. The third-order valence-electron chi connectivity index (χ3n) is 3.12. The van der Waals surface area contributed by atoms with Crippen molar-refractivity contribution in [1.29, 1.82) is 0 Å². The molecular formula is C14H22ClNO. The lowest BCUT2D eigenvalue weighted by Gasteiger charge is -2.23. The average Bonchev–Trinajstić information content (AvgIpc) is 2.29. The first-order valence-corrected chi connectivity index (χ1v) is 6.51. The van der Waals surface area contributed by atoms with Crippen LogP contribution in [0.2, 0.25) is 5.02 Å². The van der Waals surface area contributed by atoms with E-state index in [1.165, 1.54) is 5.56 Å². The van der Waals surface area contributed by atoms with Gasteiger partial charge in [0.15, 0.2) is 0 Å². The SMILES string of the molecule is COc1ccc(Cl)cc1C(CCCN)C(C)C. The molecule has 17 heavy (non-hydrogen) atoms. The summed E-state index contributed by atoms with van der Waals surface area (Å²) in [5.74, 6) is 1.92. The summed E-state index contributed by atoms with van der Waals surface area (Å²) in [5, 5.41) is 0.763. The van der Waals surface area contributed by atoms with E-state index in [4.69, 9.17) is 22.1 Å². The van der Waals surface area contributed by atoms with E-state index in [0.717, 1.165) is 30.2 Å². The van der Waals surface area contributed by atoms with Crippen molar-refractivity contribution in [2.24, 2.45) is 11.7 Å². The normalized spacial score (nSPS) is 12.8. The minimum Gasteiger partial charge on any atom is -0.496 e. The zero-order valence-electron chi connectivity index (χ0n) is 10.9. The third kappa shape index (κ3) is 3.90. The third-order valence-corrected chi connectivity index (χ3v) is 3.35. The Morgan fingerprint density at radius 2 is 2.06 bits per heavy atom. The molecule has 2 N–H and O–H groups in total. The maximum Gasteiger partial charge on any atom is 0.122 e. The summed E-state index contributed by atoms with van der Waals surface area (Å²) in [6.07, 6.45) is 2.10. The van der Waals surface area contributed by atoms with Crippen molar-refractivity contribution in [3.8, 4) is 5.75 Å². The molecule has 0 spiro atoms. The Labute approximate surface area is 109 Å². The first kappa shape index (κ1) is 14.3. The summed E-state index contributed by atoms with van der Waals surface area (Å²) in [6.45, 7) is 5.18. The molecule has 1 aromatic rings. The van der Waals surface area contributed by atoms with Crippen molar-refractivity contribution < 1.29 is 4.74 Å². The van der Waals surface area contributed by atoms with E-state index in [1.807, 2.05) is 18.2 Å². The molecule has 0 aliphatic carbocycles. The summed E-state index contributed by atoms with van der Waals surface area (Å²) < 4.78 is 5.42. The minimum absolute atomic E-state index is 0.451. The van der Waals surface area contributed by atoms with Crippen LogP contribution in [0.1, 0.15) is 38.2 Å².